The molecule has 3 amide bonds. The number of para-hydroxylation sites is 1. The summed E-state index contributed by atoms with van der Waals surface area (Å²) in [6.45, 7) is 4.15. The number of nitrogens with one attached hydrogen (secondary N) is 3. The lowest BCUT2D eigenvalue weighted by molar-refractivity contribution is -0.124. The lowest BCUT2D eigenvalue weighted by Gasteiger charge is -2.30. The molecule has 1 aliphatic rings. The van der Waals surface area contributed by atoms with Gasteiger partial charge >= 0.3 is 6.03 Å². The number of carbonyl (C=O) groups excluding carboxylic acids is 2. The van der Waals surface area contributed by atoms with Crippen LogP contribution in [0.15, 0.2) is 79.0 Å². The predicted molar refractivity (Wildman–Crippen MR) is 163 cm³/mol. The Morgan fingerprint density at radius 2 is 1.90 bits per heavy atom. The molecule has 8 nitrogen and oxygen atoms in total. The number of anilines is 1. The third-order valence-electron chi connectivity index (χ3n) is 7.77. The van der Waals surface area contributed by atoms with Crippen LogP contribution >= 0.6 is 0 Å². The molecule has 5 rings (SSSR count). The van der Waals surface area contributed by atoms with E-state index in [1.165, 1.54) is 39.2 Å². The van der Waals surface area contributed by atoms with Crippen molar-refractivity contribution in [2.75, 3.05) is 18.4 Å². The minimum absolute atomic E-state index is 0.203. The van der Waals surface area contributed by atoms with Crippen LogP contribution in [0.4, 0.5) is 10.5 Å². The van der Waals surface area contributed by atoms with Crippen molar-refractivity contribution in [1.29, 1.82) is 0 Å². The zero-order chi connectivity index (χ0) is 28.8. The van der Waals surface area contributed by atoms with E-state index in [0.717, 1.165) is 43.6 Å². The first-order chi connectivity index (χ1) is 19.9. The molecule has 1 atom stereocenters. The molecule has 41 heavy (non-hydrogen) atoms. The van der Waals surface area contributed by atoms with E-state index in [0.29, 0.717) is 6.54 Å². The number of amides is 3. The lowest BCUT2D eigenvalue weighted by Crippen LogP contribution is -2.29. The highest BCUT2D eigenvalue weighted by molar-refractivity contribution is 5.91. The number of aryl methyl sites for hydroxylation is 2. The van der Waals surface area contributed by atoms with Gasteiger partial charge in [0.1, 0.15) is 0 Å². The Kier molecular flexibility index (Phi) is 8.82. The molecular weight excluding hydrogens is 514 g/mol. The van der Waals surface area contributed by atoms with E-state index in [1.807, 2.05) is 25.1 Å². The second-order valence-corrected chi connectivity index (χ2v) is 10.5. The van der Waals surface area contributed by atoms with Gasteiger partial charge in [0.15, 0.2) is 0 Å². The van der Waals surface area contributed by atoms with Crippen LogP contribution < -0.4 is 16.1 Å². The van der Waals surface area contributed by atoms with E-state index < -0.39 is 5.91 Å². The van der Waals surface area contributed by atoms with E-state index >= 15 is 0 Å². The summed E-state index contributed by atoms with van der Waals surface area (Å²) in [7, 11) is 2.10. The van der Waals surface area contributed by atoms with Crippen molar-refractivity contribution in [3.8, 4) is 0 Å². The van der Waals surface area contributed by atoms with Gasteiger partial charge in [-0.15, -0.1) is 0 Å². The number of hydrogen-bond donors (Lipinski definition) is 4. The zero-order valence-corrected chi connectivity index (χ0v) is 23.6. The fourth-order valence-electron chi connectivity index (χ4n) is 5.80. The van der Waals surface area contributed by atoms with Gasteiger partial charge in [0.25, 0.3) is 5.91 Å². The van der Waals surface area contributed by atoms with Gasteiger partial charge in [-0.25, -0.2) is 10.3 Å². The number of aromatic nitrogens is 1. The molecule has 1 aliphatic carbocycles. The molecule has 0 fully saturated rings. The molecule has 0 saturated carbocycles. The van der Waals surface area contributed by atoms with Crippen molar-refractivity contribution in [2.24, 2.45) is 7.05 Å². The first-order valence-corrected chi connectivity index (χ1v) is 14.1. The molecule has 3 aromatic carbocycles. The first-order valence-electron chi connectivity index (χ1n) is 14.1. The summed E-state index contributed by atoms with van der Waals surface area (Å²) in [5.74, 6) is -0.546. The van der Waals surface area contributed by atoms with Crippen LogP contribution in [0.1, 0.15) is 47.2 Å². The Hall–Kier alpha value is -4.40. The highest BCUT2D eigenvalue weighted by atomic mass is 16.5. The number of nitrogens with zero attached hydrogens (tertiary/aromatic N) is 2. The van der Waals surface area contributed by atoms with Crippen molar-refractivity contribution in [3.63, 3.8) is 0 Å². The topological polar surface area (TPSA) is 98.6 Å². The van der Waals surface area contributed by atoms with Crippen molar-refractivity contribution < 1.29 is 14.8 Å². The number of carbonyl (C=O) groups is 2. The van der Waals surface area contributed by atoms with Gasteiger partial charge in [-0.2, -0.15) is 0 Å². The van der Waals surface area contributed by atoms with Crippen LogP contribution in [0.3, 0.4) is 0 Å². The normalized spacial score (nSPS) is 14.5. The Balaban J connectivity index is 1.38. The van der Waals surface area contributed by atoms with Crippen LogP contribution in [0.5, 0.6) is 0 Å². The second-order valence-electron chi connectivity index (χ2n) is 10.5. The van der Waals surface area contributed by atoms with Crippen LogP contribution in [0, 0.1) is 0 Å². The van der Waals surface area contributed by atoms with Gasteiger partial charge in [0.05, 0.1) is 0 Å². The highest BCUT2D eigenvalue weighted by Crippen LogP contribution is 2.38. The average Bonchev–Trinajstić information content (AvgIpc) is 3.55. The Morgan fingerprint density at radius 3 is 2.68 bits per heavy atom. The molecule has 1 aromatic heterocycles. The molecule has 0 aliphatic heterocycles. The molecule has 0 saturated heterocycles. The molecule has 0 radical (unpaired) electrons. The molecule has 0 bridgehead atoms. The Bertz CT molecular complexity index is 1560. The molecule has 1 heterocycles. The van der Waals surface area contributed by atoms with E-state index in [1.54, 1.807) is 11.6 Å². The van der Waals surface area contributed by atoms with Gasteiger partial charge in [0, 0.05) is 61.6 Å². The molecule has 8 heteroatoms. The van der Waals surface area contributed by atoms with E-state index in [4.69, 9.17) is 5.21 Å². The summed E-state index contributed by atoms with van der Waals surface area (Å²) < 4.78 is 2.20. The highest BCUT2D eigenvalue weighted by Gasteiger charge is 2.28. The van der Waals surface area contributed by atoms with Crippen LogP contribution in [0.2, 0.25) is 0 Å². The molecule has 0 spiro atoms. The summed E-state index contributed by atoms with van der Waals surface area (Å²) in [6.07, 6.45) is 8.21. The van der Waals surface area contributed by atoms with E-state index in [2.05, 4.69) is 81.9 Å². The van der Waals surface area contributed by atoms with Crippen molar-refractivity contribution in [2.45, 2.75) is 38.8 Å². The van der Waals surface area contributed by atoms with E-state index in [9.17, 15) is 9.59 Å². The van der Waals surface area contributed by atoms with Crippen LogP contribution in [-0.4, -0.2) is 39.7 Å². The summed E-state index contributed by atoms with van der Waals surface area (Å²) in [5.41, 5.74) is 9.72. The van der Waals surface area contributed by atoms with Gasteiger partial charge in [0.2, 0.25) is 0 Å². The SMILES string of the molecule is CCNC(=O)Nc1ccc(CN(CCc2cn(C)c3ccccc23)C2CCc3cc(/C=C/C(=O)NO)ccc32)cc1. The van der Waals surface area contributed by atoms with Gasteiger partial charge in [-0.05, 0) is 78.3 Å². The quantitative estimate of drug-likeness (QED) is 0.118. The number of hydroxylamine groups is 1. The van der Waals surface area contributed by atoms with Crippen LogP contribution in [-0.2, 0) is 31.2 Å². The standard InChI is InChI=1S/C33H37N5O3/c1-3-34-33(40)35-27-13-8-24(9-14-27)21-38(19-18-26-22-37(2)30-7-5-4-6-28(26)30)31-16-12-25-20-23(10-15-29(25)31)11-17-32(39)36-41/h4-11,13-15,17,20,22,31,41H,3,12,16,18-19,21H2,1-2H3,(H,36,39)(H2,34,35,40)/b17-11+. The van der Waals surface area contributed by atoms with Gasteiger partial charge in [-0.1, -0.05) is 48.5 Å². The summed E-state index contributed by atoms with van der Waals surface area (Å²) in [5, 5.41) is 15.7. The summed E-state index contributed by atoms with van der Waals surface area (Å²) in [4.78, 5) is 25.9. The number of urea groups is 1. The summed E-state index contributed by atoms with van der Waals surface area (Å²) >= 11 is 0. The van der Waals surface area contributed by atoms with Crippen molar-refractivity contribution in [3.05, 3.63) is 107 Å². The second kappa shape index (κ2) is 12.8. The minimum Gasteiger partial charge on any atom is -0.350 e. The number of rotatable bonds is 10. The maximum Gasteiger partial charge on any atom is 0.319 e. The average molecular weight is 552 g/mol. The third kappa shape index (κ3) is 6.67. The zero-order valence-electron chi connectivity index (χ0n) is 23.6. The number of benzene rings is 3. The smallest absolute Gasteiger partial charge is 0.319 e. The maximum atomic E-state index is 11.9. The van der Waals surface area contributed by atoms with Gasteiger partial charge in [-0.3, -0.25) is 14.9 Å². The Labute approximate surface area is 240 Å². The van der Waals surface area contributed by atoms with E-state index in [-0.39, 0.29) is 12.1 Å². The predicted octanol–water partition coefficient (Wildman–Crippen LogP) is 5.57. The third-order valence-corrected chi connectivity index (χ3v) is 7.77. The monoisotopic (exact) mass is 551 g/mol. The maximum absolute atomic E-state index is 11.9. The fourth-order valence-corrected chi connectivity index (χ4v) is 5.80. The Morgan fingerprint density at radius 1 is 1.10 bits per heavy atom. The fraction of sp³-hybridized carbons (Fsp3) is 0.273. The van der Waals surface area contributed by atoms with Crippen molar-refractivity contribution >= 4 is 34.6 Å². The molecule has 4 aromatic rings. The van der Waals surface area contributed by atoms with Gasteiger partial charge < -0.3 is 15.2 Å². The molecule has 4 N–H and O–H groups in total. The number of fused-ring (bicyclic) bond motifs is 2. The molecule has 1 unspecified atom stereocenters. The largest absolute Gasteiger partial charge is 0.350 e. The lowest BCUT2D eigenvalue weighted by atomic mass is 10.0. The molecule has 212 valence electrons. The van der Waals surface area contributed by atoms with Crippen molar-refractivity contribution in [1.82, 2.24) is 20.3 Å². The summed E-state index contributed by atoms with van der Waals surface area (Å²) in [6, 6.07) is 23.0. The first kappa shape index (κ1) is 28.1. The minimum atomic E-state index is -0.546. The molecular formula is C33H37N5O3. The van der Waals surface area contributed by atoms with Crippen LogP contribution in [0.25, 0.3) is 17.0 Å². The number of hydrogen-bond acceptors (Lipinski definition) is 4.